The van der Waals surface area contributed by atoms with Gasteiger partial charge in [0.25, 0.3) is 0 Å². The van der Waals surface area contributed by atoms with E-state index in [9.17, 15) is 4.57 Å². The largest absolute Gasteiger partial charge is 0.524 e. The molecule has 4 nitrogen and oxygen atoms in total. The van der Waals surface area contributed by atoms with Crippen LogP contribution in [0.2, 0.25) is 0 Å². The molecule has 5 heteroatoms. The van der Waals surface area contributed by atoms with Gasteiger partial charge in [-0.1, -0.05) is 53.6 Å². The second-order valence-corrected chi connectivity index (χ2v) is 5.21. The quantitative estimate of drug-likeness (QED) is 0.827. The molecule has 102 valence electrons. The molecule has 0 aliphatic rings. The molecule has 0 unspecified atom stereocenters. The van der Waals surface area contributed by atoms with E-state index in [0.717, 1.165) is 0 Å². The van der Waals surface area contributed by atoms with E-state index in [4.69, 9.17) is 9.79 Å². The van der Waals surface area contributed by atoms with E-state index < -0.39 is 7.82 Å². The van der Waals surface area contributed by atoms with Gasteiger partial charge >= 0.3 is 7.82 Å². The van der Waals surface area contributed by atoms with Gasteiger partial charge in [0.05, 0.1) is 0 Å². The summed E-state index contributed by atoms with van der Waals surface area (Å²) >= 11 is 0. The highest BCUT2D eigenvalue weighted by molar-refractivity contribution is 7.46. The molecule has 0 fully saturated rings. The Balaban J connectivity index is 0.000000200. The van der Waals surface area contributed by atoms with Crippen molar-refractivity contribution in [2.24, 2.45) is 0 Å². The van der Waals surface area contributed by atoms with E-state index in [1.54, 1.807) is 18.2 Å². The highest BCUT2D eigenvalue weighted by Gasteiger charge is 2.14. The van der Waals surface area contributed by atoms with Crippen LogP contribution < -0.4 is 4.52 Å². The van der Waals surface area contributed by atoms with Crippen molar-refractivity contribution in [1.29, 1.82) is 0 Å². The number of benzene rings is 2. The molecule has 2 aromatic carbocycles. The molecule has 0 amide bonds. The van der Waals surface area contributed by atoms with Crippen molar-refractivity contribution in [1.82, 2.24) is 0 Å². The molecule has 2 aromatic rings. The average molecular weight is 280 g/mol. The van der Waals surface area contributed by atoms with Crippen molar-refractivity contribution in [2.45, 2.75) is 13.8 Å². The van der Waals surface area contributed by atoms with Crippen molar-refractivity contribution in [2.75, 3.05) is 0 Å². The molecule has 0 aromatic heterocycles. The van der Waals surface area contributed by atoms with E-state index in [0.29, 0.717) is 0 Å². The van der Waals surface area contributed by atoms with Crippen molar-refractivity contribution in [3.8, 4) is 5.75 Å². The lowest BCUT2D eigenvalue weighted by atomic mass is 10.2. The standard InChI is InChI=1S/C8H10.C6H7O4P/c1-7-3-5-8(2)6-4-7;7-11(8,9)10-6-4-2-1-3-5-6/h3-6H,1-2H3;1-5H,(H2,7,8,9). The highest BCUT2D eigenvalue weighted by Crippen LogP contribution is 2.36. The van der Waals surface area contributed by atoms with Gasteiger partial charge < -0.3 is 4.52 Å². The minimum absolute atomic E-state index is 0.167. The van der Waals surface area contributed by atoms with Gasteiger partial charge in [-0.2, -0.15) is 0 Å². The Morgan fingerprint density at radius 3 is 1.63 bits per heavy atom. The second kappa shape index (κ2) is 7.10. The molecule has 0 spiro atoms. The van der Waals surface area contributed by atoms with Crippen LogP contribution in [0.5, 0.6) is 5.75 Å². The second-order valence-electron chi connectivity index (χ2n) is 4.05. The van der Waals surface area contributed by atoms with Crippen molar-refractivity contribution in [3.05, 3.63) is 65.7 Å². The molecule has 2 N–H and O–H groups in total. The van der Waals surface area contributed by atoms with Gasteiger partial charge in [0.2, 0.25) is 0 Å². The van der Waals surface area contributed by atoms with Crippen LogP contribution in [-0.4, -0.2) is 9.79 Å². The maximum atomic E-state index is 10.3. The first-order chi connectivity index (χ1) is 8.87. The summed E-state index contributed by atoms with van der Waals surface area (Å²) in [7, 11) is -4.39. The first-order valence-electron chi connectivity index (χ1n) is 5.70. The number of hydrogen-bond donors (Lipinski definition) is 2. The third kappa shape index (κ3) is 7.42. The highest BCUT2D eigenvalue weighted by atomic mass is 31.2. The van der Waals surface area contributed by atoms with Crippen molar-refractivity contribution >= 4 is 7.82 Å². The topological polar surface area (TPSA) is 66.8 Å². The Labute approximate surface area is 112 Å². The Bertz CT molecular complexity index is 510. The summed E-state index contributed by atoms with van der Waals surface area (Å²) in [5.74, 6) is 0.167. The molecule has 2 rings (SSSR count). The molecule has 0 radical (unpaired) electrons. The van der Waals surface area contributed by atoms with Gasteiger partial charge in [-0.25, -0.2) is 4.57 Å². The number of rotatable bonds is 2. The maximum absolute atomic E-state index is 10.3. The monoisotopic (exact) mass is 280 g/mol. The molecule has 0 heterocycles. The molecular formula is C14H17O4P. The molecule has 19 heavy (non-hydrogen) atoms. The SMILES string of the molecule is Cc1ccc(C)cc1.O=P(O)(O)Oc1ccccc1. The predicted octanol–water partition coefficient (Wildman–Crippen LogP) is 3.46. The summed E-state index contributed by atoms with van der Waals surface area (Å²) < 4.78 is 14.5. The first-order valence-corrected chi connectivity index (χ1v) is 7.23. The number of hydrogen-bond acceptors (Lipinski definition) is 2. The van der Waals surface area contributed by atoms with Crippen LogP contribution in [0.15, 0.2) is 54.6 Å². The van der Waals surface area contributed by atoms with E-state index >= 15 is 0 Å². The molecule has 0 aliphatic carbocycles. The zero-order valence-electron chi connectivity index (χ0n) is 10.9. The van der Waals surface area contributed by atoms with Gasteiger partial charge in [0, 0.05) is 0 Å². The molecule has 0 bridgehead atoms. The minimum Gasteiger partial charge on any atom is -0.404 e. The summed E-state index contributed by atoms with van der Waals surface area (Å²) in [6.45, 7) is 4.19. The Hall–Kier alpha value is -1.61. The predicted molar refractivity (Wildman–Crippen MR) is 75.0 cm³/mol. The lowest BCUT2D eigenvalue weighted by molar-refractivity contribution is 0.283. The smallest absolute Gasteiger partial charge is 0.404 e. The van der Waals surface area contributed by atoms with Crippen LogP contribution in [-0.2, 0) is 4.57 Å². The molecule has 0 aliphatic heterocycles. The lowest BCUT2D eigenvalue weighted by Gasteiger charge is -2.04. The van der Waals surface area contributed by atoms with Crippen LogP contribution in [0.3, 0.4) is 0 Å². The van der Waals surface area contributed by atoms with Gasteiger partial charge in [-0.15, -0.1) is 0 Å². The van der Waals surface area contributed by atoms with Crippen LogP contribution in [0, 0.1) is 13.8 Å². The van der Waals surface area contributed by atoms with Gasteiger partial charge in [0.1, 0.15) is 5.75 Å². The van der Waals surface area contributed by atoms with E-state index in [1.807, 2.05) is 0 Å². The fourth-order valence-electron chi connectivity index (χ4n) is 1.26. The summed E-state index contributed by atoms with van der Waals surface area (Å²) in [5, 5.41) is 0. The van der Waals surface area contributed by atoms with Crippen molar-refractivity contribution in [3.63, 3.8) is 0 Å². The van der Waals surface area contributed by atoms with Crippen LogP contribution in [0.25, 0.3) is 0 Å². The summed E-state index contributed by atoms with van der Waals surface area (Å²) in [6, 6.07) is 16.4. The third-order valence-corrected chi connectivity index (χ3v) is 2.63. The van der Waals surface area contributed by atoms with E-state index in [2.05, 4.69) is 42.6 Å². The third-order valence-electron chi connectivity index (χ3n) is 2.19. The van der Waals surface area contributed by atoms with Crippen LogP contribution in [0.1, 0.15) is 11.1 Å². The van der Waals surface area contributed by atoms with E-state index in [1.165, 1.54) is 23.3 Å². The molecule has 0 atom stereocenters. The number of phosphoric ester groups is 1. The average Bonchev–Trinajstić information content (AvgIpc) is 2.33. The molecular weight excluding hydrogens is 263 g/mol. The van der Waals surface area contributed by atoms with Crippen LogP contribution >= 0.6 is 7.82 Å². The minimum atomic E-state index is -4.39. The van der Waals surface area contributed by atoms with Crippen molar-refractivity contribution < 1.29 is 18.9 Å². The molecule has 0 saturated heterocycles. The number of para-hydroxylation sites is 1. The zero-order valence-corrected chi connectivity index (χ0v) is 11.7. The van der Waals surface area contributed by atoms with Gasteiger partial charge in [-0.3, -0.25) is 9.79 Å². The number of aryl methyl sites for hydroxylation is 2. The Morgan fingerprint density at radius 1 is 0.842 bits per heavy atom. The maximum Gasteiger partial charge on any atom is 0.524 e. The normalized spacial score (nSPS) is 10.3. The van der Waals surface area contributed by atoms with E-state index in [-0.39, 0.29) is 5.75 Å². The fraction of sp³-hybridized carbons (Fsp3) is 0.143. The Morgan fingerprint density at radius 2 is 1.26 bits per heavy atom. The summed E-state index contributed by atoms with van der Waals surface area (Å²) in [6.07, 6.45) is 0. The molecule has 0 saturated carbocycles. The van der Waals surface area contributed by atoms with Gasteiger partial charge in [0.15, 0.2) is 0 Å². The summed E-state index contributed by atoms with van der Waals surface area (Å²) in [4.78, 5) is 16.7. The summed E-state index contributed by atoms with van der Waals surface area (Å²) in [5.41, 5.74) is 2.66. The Kier molecular flexibility index (Phi) is 5.77. The van der Waals surface area contributed by atoms with Crippen LogP contribution in [0.4, 0.5) is 0 Å². The van der Waals surface area contributed by atoms with Gasteiger partial charge in [-0.05, 0) is 26.0 Å². The fourth-order valence-corrected chi connectivity index (χ4v) is 1.65. The lowest BCUT2D eigenvalue weighted by Crippen LogP contribution is -1.88. The first kappa shape index (κ1) is 15.4. The number of phosphoric acid groups is 1. The zero-order chi connectivity index (χ0) is 14.3.